The maximum absolute atomic E-state index is 9.44. The molecule has 4 heavy (non-hydrogen) atoms. The molecule has 1 unspecified atom stereocenters. The van der Waals surface area contributed by atoms with E-state index in [2.05, 4.69) is 12.2 Å². The summed E-state index contributed by atoms with van der Waals surface area (Å²) in [5.41, 5.74) is 0. The lowest BCUT2D eigenvalue weighted by Crippen LogP contribution is -0.933. The standard InChI is InChI=1S/IOPS/c1-3(2)4/p+1. The second kappa shape index (κ2) is 2.42. The van der Waals surface area contributed by atoms with Crippen molar-refractivity contribution in [3.05, 3.63) is 0 Å². The van der Waals surface area contributed by atoms with E-state index < -0.39 is 4.65 Å². The normalized spacial score (nSPS) is 11.0. The largest absolute Gasteiger partial charge is 0.473 e. The lowest BCUT2D eigenvalue weighted by Gasteiger charge is -1.28. The first-order chi connectivity index (χ1) is 1.73. The zero-order chi connectivity index (χ0) is 3.58. The van der Waals surface area contributed by atoms with Gasteiger partial charge < -0.3 is 0 Å². The molecule has 1 atom stereocenters. The summed E-state index contributed by atoms with van der Waals surface area (Å²) in [6.45, 7) is 0. The van der Waals surface area contributed by atoms with E-state index in [-0.39, 0.29) is 0 Å². The molecule has 0 aromatic carbocycles. The quantitative estimate of drug-likeness (QED) is 0.365. The predicted molar refractivity (Wildman–Crippen MR) is 30.6 cm³/mol. The Balaban J connectivity index is 2.80. The Hall–Kier alpha value is 1.18. The zero-order valence-electron chi connectivity index (χ0n) is 1.68. The molecule has 0 amide bonds. The monoisotopic (exact) mass is 207 g/mol. The molecule has 24 valence electrons. The minimum absolute atomic E-state index is 1.21. The van der Waals surface area contributed by atoms with Crippen molar-refractivity contribution in [3.8, 4) is 0 Å². The van der Waals surface area contributed by atoms with Gasteiger partial charge in [0, 0.05) is 0 Å². The lowest BCUT2D eigenvalue weighted by molar-refractivity contribution is 0.605. The number of thiol groups is 1. The van der Waals surface area contributed by atoms with Crippen molar-refractivity contribution < 1.29 is 4.57 Å². The van der Waals surface area contributed by atoms with Gasteiger partial charge in [-0.1, -0.05) is 0 Å². The fraction of sp³-hybridized carbons (Fsp3) is 0. The van der Waals surface area contributed by atoms with Gasteiger partial charge in [-0.05, 0) is 4.57 Å². The van der Waals surface area contributed by atoms with Gasteiger partial charge >= 0.3 is 4.65 Å². The van der Waals surface area contributed by atoms with E-state index in [0.717, 1.165) is 0 Å². The minimum Gasteiger partial charge on any atom is -0.0487 e. The summed E-state index contributed by atoms with van der Waals surface area (Å²) >= 11 is 5.18. The molecule has 0 rings (SSSR count). The van der Waals surface area contributed by atoms with Crippen LogP contribution in [0.25, 0.3) is 0 Å². The first kappa shape index (κ1) is 5.18. The van der Waals surface area contributed by atoms with E-state index >= 15 is 0 Å². The van der Waals surface area contributed by atoms with Gasteiger partial charge in [-0.15, -0.1) is 0 Å². The van der Waals surface area contributed by atoms with E-state index in [1.807, 2.05) is 0 Å². The highest BCUT2D eigenvalue weighted by molar-refractivity contribution is 14.2. The molecule has 0 fully saturated rings. The summed E-state index contributed by atoms with van der Waals surface area (Å²) in [5, 5.41) is 0. The first-order valence-corrected chi connectivity index (χ1v) is 5.75. The SMILES string of the molecule is O=[P+](S)I. The Labute approximate surface area is 43.6 Å². The Bertz CT molecular complexity index is 31.0. The fourth-order valence-electron chi connectivity index (χ4n) is 0. The van der Waals surface area contributed by atoms with E-state index in [4.69, 9.17) is 0 Å². The van der Waals surface area contributed by atoms with Crippen LogP contribution in [0, 0.1) is 0 Å². The first-order valence-electron chi connectivity index (χ1n) is 0.552. The molecular weight excluding hydrogens is 206 g/mol. The molecule has 0 N–H and O–H groups in total. The van der Waals surface area contributed by atoms with Crippen LogP contribution in [0.5, 0.6) is 0 Å². The lowest BCUT2D eigenvalue weighted by atomic mass is 16.0. The van der Waals surface area contributed by atoms with Gasteiger partial charge in [0.25, 0.3) is 22.0 Å². The van der Waals surface area contributed by atoms with Crippen molar-refractivity contribution in [2.75, 3.05) is 0 Å². The summed E-state index contributed by atoms with van der Waals surface area (Å²) in [7, 11) is 0. The minimum atomic E-state index is -1.21. The summed E-state index contributed by atoms with van der Waals surface area (Å²) < 4.78 is 8.24. The molecule has 0 aliphatic heterocycles. The van der Waals surface area contributed by atoms with E-state index in [1.165, 1.54) is 0 Å². The summed E-state index contributed by atoms with van der Waals surface area (Å²) in [5.74, 6) is 0. The average molecular weight is 207 g/mol. The van der Waals surface area contributed by atoms with Gasteiger partial charge in [0.2, 0.25) is 0 Å². The van der Waals surface area contributed by atoms with Crippen LogP contribution in [0.3, 0.4) is 0 Å². The highest BCUT2D eigenvalue weighted by atomic mass is 127. The molecular formula is HIOPS+. The van der Waals surface area contributed by atoms with Crippen LogP contribution < -0.4 is 0 Å². The van der Waals surface area contributed by atoms with E-state index in [0.29, 0.717) is 0 Å². The molecule has 4 heteroatoms. The Morgan fingerprint density at radius 3 is 2.00 bits per heavy atom. The van der Waals surface area contributed by atoms with Crippen LogP contribution in [0.2, 0.25) is 0 Å². The van der Waals surface area contributed by atoms with Crippen molar-refractivity contribution in [2.24, 2.45) is 0 Å². The molecule has 0 aromatic heterocycles. The number of hydrogen-bond acceptors (Lipinski definition) is 1. The molecule has 0 heterocycles. The third kappa shape index (κ3) is 10.9. The van der Waals surface area contributed by atoms with Gasteiger partial charge in [-0.3, -0.25) is 0 Å². The van der Waals surface area contributed by atoms with E-state index in [1.54, 1.807) is 22.0 Å². The smallest absolute Gasteiger partial charge is 0.0487 e. The van der Waals surface area contributed by atoms with Gasteiger partial charge in [0.05, 0.1) is 0 Å². The molecule has 0 saturated carbocycles. The summed E-state index contributed by atoms with van der Waals surface area (Å²) in [6.07, 6.45) is 0. The third-order valence-electron chi connectivity index (χ3n) is 0. The summed E-state index contributed by atoms with van der Waals surface area (Å²) in [4.78, 5) is 0. The number of halogens is 1. The van der Waals surface area contributed by atoms with Crippen molar-refractivity contribution in [3.63, 3.8) is 0 Å². The summed E-state index contributed by atoms with van der Waals surface area (Å²) in [6, 6.07) is 0. The molecule has 0 saturated heterocycles. The molecule has 0 spiro atoms. The van der Waals surface area contributed by atoms with Crippen LogP contribution in [0.15, 0.2) is 0 Å². The topological polar surface area (TPSA) is 17.1 Å². The van der Waals surface area contributed by atoms with Gasteiger partial charge in [-0.25, -0.2) is 0 Å². The number of rotatable bonds is 0. The third-order valence-corrected chi connectivity index (χ3v) is 0. The molecule has 0 aromatic rings. The number of hydrogen-bond donors (Lipinski definition) is 1. The van der Waals surface area contributed by atoms with Crippen molar-refractivity contribution in [1.29, 1.82) is 0 Å². The van der Waals surface area contributed by atoms with Gasteiger partial charge in [0.15, 0.2) is 0 Å². The maximum atomic E-state index is 9.44. The van der Waals surface area contributed by atoms with Crippen LogP contribution >= 0.6 is 38.9 Å². The van der Waals surface area contributed by atoms with Crippen LogP contribution in [-0.2, 0) is 4.57 Å². The van der Waals surface area contributed by atoms with E-state index in [9.17, 15) is 4.57 Å². The highest BCUT2D eigenvalue weighted by Crippen LogP contribution is 2.34. The second-order valence-electron chi connectivity index (χ2n) is 0.226. The van der Waals surface area contributed by atoms with Crippen molar-refractivity contribution in [1.82, 2.24) is 0 Å². The predicted octanol–water partition coefficient (Wildman–Crippen LogP) is 2.01. The molecule has 0 aliphatic carbocycles. The molecule has 0 bridgehead atoms. The van der Waals surface area contributed by atoms with Crippen molar-refractivity contribution >= 4 is 38.9 Å². The van der Waals surface area contributed by atoms with Gasteiger partial charge in [0.1, 0.15) is 12.2 Å². The second-order valence-corrected chi connectivity index (χ2v) is 6.69. The Morgan fingerprint density at radius 2 is 2.00 bits per heavy atom. The zero-order valence-corrected chi connectivity index (χ0v) is 5.63. The average Bonchev–Trinajstić information content (AvgIpc) is 0.811. The van der Waals surface area contributed by atoms with Crippen LogP contribution in [0.4, 0.5) is 0 Å². The Morgan fingerprint density at radius 1 is 2.00 bits per heavy atom. The molecule has 0 aliphatic rings. The highest BCUT2D eigenvalue weighted by Gasteiger charge is 1.91. The Kier molecular flexibility index (Phi) is 3.13. The fourth-order valence-corrected chi connectivity index (χ4v) is 0. The van der Waals surface area contributed by atoms with Gasteiger partial charge in [-0.2, -0.15) is 0 Å². The van der Waals surface area contributed by atoms with Crippen LogP contribution in [0.1, 0.15) is 0 Å². The van der Waals surface area contributed by atoms with Crippen molar-refractivity contribution in [2.45, 2.75) is 0 Å². The molecule has 1 nitrogen and oxygen atoms in total. The van der Waals surface area contributed by atoms with Crippen LogP contribution in [-0.4, -0.2) is 0 Å². The maximum Gasteiger partial charge on any atom is 0.473 e. The molecule has 0 radical (unpaired) electrons.